The van der Waals surface area contributed by atoms with Crippen molar-refractivity contribution in [2.45, 2.75) is 380 Å². The van der Waals surface area contributed by atoms with Gasteiger partial charge in [-0.05, 0) is 96.3 Å². The van der Waals surface area contributed by atoms with Crippen LogP contribution in [0.5, 0.6) is 0 Å². The summed E-state index contributed by atoms with van der Waals surface area (Å²) in [6.45, 7) is 6.63. The average Bonchev–Trinajstić information content (AvgIpc) is 3.47. The maximum atomic E-state index is 12.9. The Labute approximate surface area is 510 Å². The van der Waals surface area contributed by atoms with Crippen LogP contribution in [-0.2, 0) is 28.6 Å². The normalized spacial score (nSPS) is 12.5. The van der Waals surface area contributed by atoms with Crippen LogP contribution in [0.4, 0.5) is 0 Å². The van der Waals surface area contributed by atoms with Crippen LogP contribution in [0.25, 0.3) is 0 Å². The van der Waals surface area contributed by atoms with Gasteiger partial charge in [0.1, 0.15) is 13.2 Å². The second-order valence-corrected chi connectivity index (χ2v) is 24.1. The number of esters is 3. The Morgan fingerprint density at radius 3 is 0.683 bits per heavy atom. The zero-order chi connectivity index (χ0) is 59.2. The van der Waals surface area contributed by atoms with Gasteiger partial charge in [0.2, 0.25) is 0 Å². The summed E-state index contributed by atoms with van der Waals surface area (Å²) >= 11 is 0. The van der Waals surface area contributed by atoms with E-state index in [2.05, 4.69) is 93.7 Å². The second-order valence-electron chi connectivity index (χ2n) is 24.1. The van der Waals surface area contributed by atoms with Gasteiger partial charge in [0.15, 0.2) is 6.10 Å². The minimum atomic E-state index is -0.775. The van der Waals surface area contributed by atoms with Crippen LogP contribution >= 0.6 is 0 Å². The molecule has 0 saturated carbocycles. The summed E-state index contributed by atoms with van der Waals surface area (Å²) in [6, 6.07) is 0. The van der Waals surface area contributed by atoms with E-state index in [-0.39, 0.29) is 31.1 Å². The molecular weight excluding hydrogens is 1010 g/mol. The largest absolute Gasteiger partial charge is 0.462 e. The van der Waals surface area contributed by atoms with Crippen LogP contribution in [0.15, 0.2) is 72.9 Å². The highest BCUT2D eigenvalue weighted by atomic mass is 16.6. The van der Waals surface area contributed by atoms with Crippen molar-refractivity contribution in [3.8, 4) is 0 Å². The Bertz CT molecular complexity index is 1500. The number of hydrogen-bond acceptors (Lipinski definition) is 6. The number of allylic oxidation sites excluding steroid dienone is 12. The van der Waals surface area contributed by atoms with E-state index in [9.17, 15) is 14.4 Å². The van der Waals surface area contributed by atoms with Crippen molar-refractivity contribution >= 4 is 17.9 Å². The third-order valence-electron chi connectivity index (χ3n) is 15.9. The number of rotatable bonds is 66. The lowest BCUT2D eigenvalue weighted by Gasteiger charge is -2.18. The summed E-state index contributed by atoms with van der Waals surface area (Å²) in [6.07, 6.45) is 92.4. The predicted octanol–water partition coefficient (Wildman–Crippen LogP) is 24.8. The van der Waals surface area contributed by atoms with Gasteiger partial charge in [0, 0.05) is 19.3 Å². The molecule has 0 bridgehead atoms. The molecule has 0 fully saturated rings. The van der Waals surface area contributed by atoms with Gasteiger partial charge in [-0.2, -0.15) is 0 Å². The molecule has 0 N–H and O–H groups in total. The molecule has 6 heteroatoms. The Hall–Kier alpha value is -3.15. The van der Waals surface area contributed by atoms with E-state index in [1.54, 1.807) is 0 Å². The van der Waals surface area contributed by atoms with E-state index in [1.165, 1.54) is 250 Å². The van der Waals surface area contributed by atoms with Crippen molar-refractivity contribution in [1.29, 1.82) is 0 Å². The molecule has 476 valence electrons. The minimum absolute atomic E-state index is 0.0730. The first kappa shape index (κ1) is 78.8. The number of hydrogen-bond donors (Lipinski definition) is 0. The van der Waals surface area contributed by atoms with Crippen molar-refractivity contribution in [2.75, 3.05) is 13.2 Å². The van der Waals surface area contributed by atoms with E-state index < -0.39 is 6.10 Å². The summed E-state index contributed by atoms with van der Waals surface area (Å²) in [7, 11) is 0. The third kappa shape index (κ3) is 67.6. The Kier molecular flexibility index (Phi) is 67.6. The van der Waals surface area contributed by atoms with Crippen molar-refractivity contribution in [3.63, 3.8) is 0 Å². The van der Waals surface area contributed by atoms with Crippen LogP contribution in [0.3, 0.4) is 0 Å². The molecule has 0 aromatic carbocycles. The highest BCUT2D eigenvalue weighted by molar-refractivity contribution is 5.71. The SMILES string of the molecule is CCCCCCC/C=C\C/C=C\C/C=C\CCCCCCCCCCCCCCCCCCC(=O)OCC(COC(=O)CCCCCCCCCC)OC(=O)CCCCCCCCCCCC/C=C\C/C=C\C/C=C\CCCCCCC. The van der Waals surface area contributed by atoms with Crippen molar-refractivity contribution in [3.05, 3.63) is 72.9 Å². The average molecular weight is 1150 g/mol. The molecule has 0 saturated heterocycles. The molecule has 0 spiro atoms. The zero-order valence-corrected chi connectivity index (χ0v) is 54.8. The van der Waals surface area contributed by atoms with Crippen LogP contribution in [0.2, 0.25) is 0 Å². The van der Waals surface area contributed by atoms with E-state index in [0.29, 0.717) is 19.3 Å². The van der Waals surface area contributed by atoms with Crippen molar-refractivity contribution in [2.24, 2.45) is 0 Å². The molecule has 0 aliphatic carbocycles. The number of unbranched alkanes of at least 4 members (excludes halogenated alkanes) is 43. The molecule has 1 atom stereocenters. The molecule has 0 aliphatic rings. The molecule has 0 rings (SSSR count). The summed E-state index contributed by atoms with van der Waals surface area (Å²) in [5.74, 6) is -0.862. The summed E-state index contributed by atoms with van der Waals surface area (Å²) in [5, 5.41) is 0. The van der Waals surface area contributed by atoms with Crippen molar-refractivity contribution < 1.29 is 28.6 Å². The van der Waals surface area contributed by atoms with E-state index >= 15 is 0 Å². The molecular formula is C76H136O6. The number of carbonyl (C=O) groups is 3. The van der Waals surface area contributed by atoms with Gasteiger partial charge in [0.05, 0.1) is 0 Å². The maximum absolute atomic E-state index is 12.9. The molecule has 6 nitrogen and oxygen atoms in total. The molecule has 82 heavy (non-hydrogen) atoms. The van der Waals surface area contributed by atoms with Gasteiger partial charge in [-0.1, -0.05) is 331 Å². The van der Waals surface area contributed by atoms with Gasteiger partial charge in [-0.25, -0.2) is 0 Å². The van der Waals surface area contributed by atoms with Gasteiger partial charge in [0.25, 0.3) is 0 Å². The lowest BCUT2D eigenvalue weighted by Crippen LogP contribution is -2.30. The molecule has 0 radical (unpaired) electrons. The van der Waals surface area contributed by atoms with E-state index in [4.69, 9.17) is 14.2 Å². The van der Waals surface area contributed by atoms with Crippen LogP contribution in [0, 0.1) is 0 Å². The lowest BCUT2D eigenvalue weighted by atomic mass is 10.0. The van der Waals surface area contributed by atoms with E-state index in [0.717, 1.165) is 83.5 Å². The molecule has 0 amide bonds. The predicted molar refractivity (Wildman–Crippen MR) is 358 cm³/mol. The molecule has 0 aliphatic heterocycles. The summed E-state index contributed by atoms with van der Waals surface area (Å²) in [5.41, 5.74) is 0. The van der Waals surface area contributed by atoms with Gasteiger partial charge in [-0.3, -0.25) is 14.4 Å². The Morgan fingerprint density at radius 1 is 0.244 bits per heavy atom. The fourth-order valence-electron chi connectivity index (χ4n) is 10.5. The topological polar surface area (TPSA) is 78.9 Å². The van der Waals surface area contributed by atoms with Crippen LogP contribution in [-0.4, -0.2) is 37.2 Å². The lowest BCUT2D eigenvalue weighted by molar-refractivity contribution is -0.167. The summed E-state index contributed by atoms with van der Waals surface area (Å²) in [4.78, 5) is 38.3. The number of ether oxygens (including phenoxy) is 3. The van der Waals surface area contributed by atoms with Crippen molar-refractivity contribution in [1.82, 2.24) is 0 Å². The van der Waals surface area contributed by atoms with Gasteiger partial charge in [-0.15, -0.1) is 0 Å². The zero-order valence-electron chi connectivity index (χ0n) is 54.8. The first-order chi connectivity index (χ1) is 40.5. The maximum Gasteiger partial charge on any atom is 0.306 e. The van der Waals surface area contributed by atoms with E-state index in [1.807, 2.05) is 0 Å². The summed E-state index contributed by atoms with van der Waals surface area (Å²) < 4.78 is 16.9. The highest BCUT2D eigenvalue weighted by Gasteiger charge is 2.19. The molecule has 1 unspecified atom stereocenters. The van der Waals surface area contributed by atoms with Gasteiger partial charge < -0.3 is 14.2 Å². The Morgan fingerprint density at radius 2 is 0.439 bits per heavy atom. The molecule has 0 heterocycles. The fourth-order valence-corrected chi connectivity index (χ4v) is 10.5. The third-order valence-corrected chi connectivity index (χ3v) is 15.9. The monoisotopic (exact) mass is 1150 g/mol. The smallest absolute Gasteiger partial charge is 0.306 e. The fraction of sp³-hybridized carbons (Fsp3) is 0.803. The quantitative estimate of drug-likeness (QED) is 0.0261. The standard InChI is InChI=1S/C76H136O6/c1-4-7-10-13-16-19-21-23-25-27-29-31-33-35-36-37-38-39-40-42-43-45-47-49-51-53-55-57-60-63-66-69-75(78)81-72-73(71-80-74(77)68-65-62-59-18-15-12-9-6-3)82-76(79)70-67-64-61-58-56-54-52-50-48-46-44-41-34-32-30-28-26-24-22-20-17-14-11-8-5-2/h21-24,27-30,33-35,41,73H,4-20,25-26,31-32,36-40,42-72H2,1-3H3/b23-21-,24-22-,29-27-,30-28-,35-33-,41-34-. The van der Waals surface area contributed by atoms with Crippen LogP contribution in [0.1, 0.15) is 374 Å². The minimum Gasteiger partial charge on any atom is -0.462 e. The first-order valence-electron chi connectivity index (χ1n) is 35.9. The highest BCUT2D eigenvalue weighted by Crippen LogP contribution is 2.18. The first-order valence-corrected chi connectivity index (χ1v) is 35.9. The second kappa shape index (κ2) is 70.3. The molecule has 0 aromatic rings. The Balaban J connectivity index is 4.09. The molecule has 0 aromatic heterocycles. The number of carbonyl (C=O) groups excluding carboxylic acids is 3. The van der Waals surface area contributed by atoms with Gasteiger partial charge >= 0.3 is 17.9 Å². The van der Waals surface area contributed by atoms with Crippen LogP contribution < -0.4 is 0 Å².